The first-order valence-electron chi connectivity index (χ1n) is 5.08. The Balaban J connectivity index is 2.69. The highest BCUT2D eigenvalue weighted by molar-refractivity contribution is 7.89. The van der Waals surface area contributed by atoms with E-state index in [1.807, 2.05) is 13.8 Å². The highest BCUT2D eigenvalue weighted by Crippen LogP contribution is 2.26. The number of nitrogens with two attached hydrogens (primary N) is 1. The molecule has 2 N–H and O–H groups in total. The zero-order valence-corrected chi connectivity index (χ0v) is 9.59. The lowest BCUT2D eigenvalue weighted by Crippen LogP contribution is -2.43. The second-order valence-electron chi connectivity index (χ2n) is 4.14. The molecule has 0 spiro atoms. The van der Waals surface area contributed by atoms with Crippen molar-refractivity contribution in [2.24, 2.45) is 5.14 Å². The Kier molecular flexibility index (Phi) is 3.92. The summed E-state index contributed by atoms with van der Waals surface area (Å²) in [6, 6.07) is 0. The number of rotatable bonds is 3. The van der Waals surface area contributed by atoms with Gasteiger partial charge in [0.25, 0.3) is 0 Å². The Labute approximate surface area is 85.9 Å². The van der Waals surface area contributed by atoms with Crippen LogP contribution in [0.5, 0.6) is 0 Å². The predicted molar refractivity (Wildman–Crippen MR) is 55.4 cm³/mol. The summed E-state index contributed by atoms with van der Waals surface area (Å²) in [6.45, 7) is 3.82. The molecule has 1 aliphatic rings. The Morgan fingerprint density at radius 1 is 1.29 bits per heavy atom. The lowest BCUT2D eigenvalue weighted by molar-refractivity contribution is -0.00934. The van der Waals surface area contributed by atoms with E-state index in [9.17, 15) is 8.42 Å². The maximum Gasteiger partial charge on any atom is 0.214 e. The van der Waals surface area contributed by atoms with Crippen LogP contribution < -0.4 is 5.14 Å². The van der Waals surface area contributed by atoms with Crippen molar-refractivity contribution in [2.45, 2.75) is 57.0 Å². The fourth-order valence-corrected chi connectivity index (χ4v) is 3.06. The highest BCUT2D eigenvalue weighted by atomic mass is 32.2. The van der Waals surface area contributed by atoms with Crippen molar-refractivity contribution in [3.05, 3.63) is 0 Å². The lowest BCUT2D eigenvalue weighted by atomic mass is 9.97. The van der Waals surface area contributed by atoms with Crippen LogP contribution >= 0.6 is 0 Å². The Bertz CT molecular complexity index is 274. The first-order valence-corrected chi connectivity index (χ1v) is 6.69. The van der Waals surface area contributed by atoms with Crippen LogP contribution in [0.3, 0.4) is 0 Å². The van der Waals surface area contributed by atoms with Gasteiger partial charge in [-0.3, -0.25) is 0 Å². The largest absolute Gasteiger partial charge is 0.374 e. The average molecular weight is 221 g/mol. The van der Waals surface area contributed by atoms with E-state index in [0.717, 1.165) is 19.3 Å². The molecule has 1 aliphatic carbocycles. The van der Waals surface area contributed by atoms with Crippen molar-refractivity contribution in [2.75, 3.05) is 0 Å². The van der Waals surface area contributed by atoms with Gasteiger partial charge in [0.05, 0.1) is 12.2 Å². The van der Waals surface area contributed by atoms with Gasteiger partial charge in [0, 0.05) is 0 Å². The zero-order chi connectivity index (χ0) is 10.8. The Hall–Kier alpha value is -0.130. The van der Waals surface area contributed by atoms with Crippen LogP contribution in [0, 0.1) is 0 Å². The van der Waals surface area contributed by atoms with Crippen molar-refractivity contribution in [1.82, 2.24) is 0 Å². The molecule has 0 aromatic heterocycles. The van der Waals surface area contributed by atoms with Gasteiger partial charge in [-0.2, -0.15) is 0 Å². The summed E-state index contributed by atoms with van der Waals surface area (Å²) >= 11 is 0. The number of sulfonamides is 1. The molecule has 1 fully saturated rings. The molecule has 0 saturated heterocycles. The topological polar surface area (TPSA) is 69.4 Å². The van der Waals surface area contributed by atoms with E-state index in [2.05, 4.69) is 0 Å². The maximum atomic E-state index is 11.3. The predicted octanol–water partition coefficient (Wildman–Crippen LogP) is 1.01. The second-order valence-corrected chi connectivity index (χ2v) is 5.92. The normalized spacial score (nSPS) is 29.4. The van der Waals surface area contributed by atoms with Crippen molar-refractivity contribution in [3.8, 4) is 0 Å². The van der Waals surface area contributed by atoms with E-state index < -0.39 is 15.3 Å². The molecule has 0 unspecified atom stereocenters. The maximum absolute atomic E-state index is 11.3. The van der Waals surface area contributed by atoms with Gasteiger partial charge in [-0.25, -0.2) is 13.6 Å². The number of hydrogen-bond donors (Lipinski definition) is 1. The summed E-state index contributed by atoms with van der Waals surface area (Å²) in [5.41, 5.74) is 0. The van der Waals surface area contributed by atoms with Crippen LogP contribution in [0.1, 0.15) is 39.5 Å². The van der Waals surface area contributed by atoms with Gasteiger partial charge in [-0.05, 0) is 26.7 Å². The molecule has 1 rings (SSSR count). The van der Waals surface area contributed by atoms with Crippen LogP contribution in [0.25, 0.3) is 0 Å². The molecular formula is C9H19NO3S. The monoisotopic (exact) mass is 221 g/mol. The zero-order valence-electron chi connectivity index (χ0n) is 8.77. The summed E-state index contributed by atoms with van der Waals surface area (Å²) < 4.78 is 28.1. The first kappa shape index (κ1) is 11.9. The van der Waals surface area contributed by atoms with Gasteiger partial charge < -0.3 is 4.74 Å². The molecule has 0 aromatic carbocycles. The minimum absolute atomic E-state index is 0.0577. The van der Waals surface area contributed by atoms with E-state index in [0.29, 0.717) is 6.42 Å². The number of primary sulfonamides is 1. The summed E-state index contributed by atoms with van der Waals surface area (Å²) in [4.78, 5) is 0. The van der Waals surface area contributed by atoms with Gasteiger partial charge >= 0.3 is 0 Å². The summed E-state index contributed by atoms with van der Waals surface area (Å²) in [5, 5.41) is 4.67. The van der Waals surface area contributed by atoms with Gasteiger partial charge in [0.2, 0.25) is 10.0 Å². The Morgan fingerprint density at radius 2 is 1.86 bits per heavy atom. The van der Waals surface area contributed by atoms with Gasteiger partial charge in [0.15, 0.2) is 0 Å². The average Bonchev–Trinajstić information content (AvgIpc) is 2.01. The third kappa shape index (κ3) is 3.22. The lowest BCUT2D eigenvalue weighted by Gasteiger charge is -2.31. The minimum Gasteiger partial charge on any atom is -0.374 e. The highest BCUT2D eigenvalue weighted by Gasteiger charge is 2.34. The third-order valence-corrected chi connectivity index (χ3v) is 3.89. The van der Waals surface area contributed by atoms with Crippen LogP contribution in [-0.4, -0.2) is 25.9 Å². The standard InChI is InChI=1S/C9H19NO3S/c1-7(2)13-8-5-3-4-6-9(8)14(10,11)12/h7-9H,3-6H2,1-2H3,(H2,10,11,12)/t8-,9+/m1/s1. The fraction of sp³-hybridized carbons (Fsp3) is 1.00. The van der Waals surface area contributed by atoms with Gasteiger partial charge in [0.1, 0.15) is 5.25 Å². The molecule has 0 radical (unpaired) electrons. The van der Waals surface area contributed by atoms with Crippen molar-refractivity contribution < 1.29 is 13.2 Å². The van der Waals surface area contributed by atoms with E-state index in [1.165, 1.54) is 0 Å². The molecular weight excluding hydrogens is 202 g/mol. The van der Waals surface area contributed by atoms with E-state index in [1.54, 1.807) is 0 Å². The van der Waals surface area contributed by atoms with Crippen LogP contribution in [-0.2, 0) is 14.8 Å². The smallest absolute Gasteiger partial charge is 0.214 e. The van der Waals surface area contributed by atoms with E-state index in [-0.39, 0.29) is 12.2 Å². The van der Waals surface area contributed by atoms with E-state index in [4.69, 9.17) is 9.88 Å². The molecule has 84 valence electrons. The van der Waals surface area contributed by atoms with Crippen molar-refractivity contribution in [3.63, 3.8) is 0 Å². The summed E-state index contributed by atoms with van der Waals surface area (Å²) in [6.07, 6.45) is 3.25. The number of ether oxygens (including phenoxy) is 1. The third-order valence-electron chi connectivity index (χ3n) is 2.51. The quantitative estimate of drug-likeness (QED) is 0.773. The summed E-state index contributed by atoms with van der Waals surface area (Å²) in [5.74, 6) is 0. The molecule has 1 saturated carbocycles. The fourth-order valence-electron chi connectivity index (χ4n) is 1.94. The minimum atomic E-state index is -3.45. The van der Waals surface area contributed by atoms with Crippen LogP contribution in [0.15, 0.2) is 0 Å². The van der Waals surface area contributed by atoms with Gasteiger partial charge in [-0.1, -0.05) is 12.8 Å². The molecule has 0 heterocycles. The molecule has 2 atom stereocenters. The number of hydrogen-bond acceptors (Lipinski definition) is 3. The molecule has 14 heavy (non-hydrogen) atoms. The second kappa shape index (κ2) is 4.59. The molecule has 0 aromatic rings. The molecule has 4 nitrogen and oxygen atoms in total. The van der Waals surface area contributed by atoms with Crippen molar-refractivity contribution >= 4 is 10.0 Å². The van der Waals surface area contributed by atoms with Crippen LogP contribution in [0.4, 0.5) is 0 Å². The molecule has 0 bridgehead atoms. The summed E-state index contributed by atoms with van der Waals surface area (Å²) in [7, 11) is -3.45. The molecule has 0 amide bonds. The van der Waals surface area contributed by atoms with Crippen LogP contribution in [0.2, 0.25) is 0 Å². The van der Waals surface area contributed by atoms with Gasteiger partial charge in [-0.15, -0.1) is 0 Å². The SMILES string of the molecule is CC(C)O[C@@H]1CCCC[C@@H]1S(N)(=O)=O. The molecule has 5 heteroatoms. The van der Waals surface area contributed by atoms with E-state index >= 15 is 0 Å². The first-order chi connectivity index (χ1) is 6.41. The van der Waals surface area contributed by atoms with Crippen molar-refractivity contribution in [1.29, 1.82) is 0 Å². The molecule has 0 aliphatic heterocycles. The Morgan fingerprint density at radius 3 is 2.36 bits per heavy atom.